The molecule has 20 heavy (non-hydrogen) atoms. The van der Waals surface area contributed by atoms with Crippen molar-refractivity contribution in [2.45, 2.75) is 39.5 Å². The van der Waals surface area contributed by atoms with Crippen LogP contribution in [0.3, 0.4) is 0 Å². The molecule has 0 saturated heterocycles. The molecule has 3 nitrogen and oxygen atoms in total. The molecule has 0 aliphatic heterocycles. The summed E-state index contributed by atoms with van der Waals surface area (Å²) in [7, 11) is 0. The van der Waals surface area contributed by atoms with Crippen molar-refractivity contribution >= 4 is 27.5 Å². The number of nitrogens with zero attached hydrogens (tertiary/aromatic N) is 1. The van der Waals surface area contributed by atoms with Crippen LogP contribution in [-0.4, -0.2) is 5.91 Å². The molecular formula is C16H19BrN2O. The van der Waals surface area contributed by atoms with Gasteiger partial charge in [0.05, 0.1) is 11.3 Å². The first-order chi connectivity index (χ1) is 9.44. The summed E-state index contributed by atoms with van der Waals surface area (Å²) in [5.41, 5.74) is 1.12. The number of benzene rings is 1. The summed E-state index contributed by atoms with van der Waals surface area (Å²) < 4.78 is 0.838. The number of amides is 1. The van der Waals surface area contributed by atoms with Gasteiger partial charge >= 0.3 is 0 Å². The molecule has 1 fully saturated rings. The predicted octanol–water partition coefficient (Wildman–Crippen LogP) is 4.48. The average Bonchev–Trinajstić information content (AvgIpc) is 2.40. The van der Waals surface area contributed by atoms with Crippen molar-refractivity contribution in [2.75, 3.05) is 5.32 Å². The molecule has 0 radical (unpaired) electrons. The van der Waals surface area contributed by atoms with Crippen molar-refractivity contribution in [1.29, 1.82) is 5.26 Å². The van der Waals surface area contributed by atoms with Gasteiger partial charge in [-0.2, -0.15) is 5.26 Å². The first kappa shape index (κ1) is 15.1. The Hall–Kier alpha value is -1.34. The van der Waals surface area contributed by atoms with E-state index in [0.717, 1.165) is 23.7 Å². The number of nitrogens with one attached hydrogen (secondary N) is 1. The Balaban J connectivity index is 2.18. The summed E-state index contributed by atoms with van der Waals surface area (Å²) in [6.07, 6.45) is 4.30. The molecule has 106 valence electrons. The maximum atomic E-state index is 12.5. The standard InChI is InChI=1S/C16H19BrN2O/c1-16(2)8-4-3-5-13(16)15(20)19-14-7-6-12(17)9-11(14)10-18/h6-7,9,13H,3-5,8H2,1-2H3,(H,19,20). The molecule has 0 heterocycles. The van der Waals surface area contributed by atoms with Crippen LogP contribution >= 0.6 is 15.9 Å². The van der Waals surface area contributed by atoms with Crippen LogP contribution in [0.1, 0.15) is 45.1 Å². The molecule has 1 unspecified atom stereocenters. The molecule has 4 heteroatoms. The minimum absolute atomic E-state index is 0.0199. The minimum Gasteiger partial charge on any atom is -0.325 e. The number of anilines is 1. The van der Waals surface area contributed by atoms with Gasteiger partial charge in [-0.1, -0.05) is 42.6 Å². The highest BCUT2D eigenvalue weighted by Gasteiger charge is 2.37. The molecule has 1 saturated carbocycles. The summed E-state index contributed by atoms with van der Waals surface area (Å²) in [5.74, 6) is 0.0555. The Morgan fingerprint density at radius 2 is 2.20 bits per heavy atom. The van der Waals surface area contributed by atoms with Gasteiger partial charge in [-0.3, -0.25) is 4.79 Å². The fraction of sp³-hybridized carbons (Fsp3) is 0.500. The van der Waals surface area contributed by atoms with Crippen LogP contribution in [0.2, 0.25) is 0 Å². The van der Waals surface area contributed by atoms with E-state index in [1.54, 1.807) is 12.1 Å². The first-order valence-corrected chi connectivity index (χ1v) is 7.74. The van der Waals surface area contributed by atoms with Crippen molar-refractivity contribution in [2.24, 2.45) is 11.3 Å². The number of carbonyl (C=O) groups is 1. The van der Waals surface area contributed by atoms with E-state index in [2.05, 4.69) is 41.2 Å². The van der Waals surface area contributed by atoms with Crippen molar-refractivity contribution in [3.05, 3.63) is 28.2 Å². The monoisotopic (exact) mass is 334 g/mol. The maximum Gasteiger partial charge on any atom is 0.228 e. The Morgan fingerprint density at radius 1 is 1.45 bits per heavy atom. The van der Waals surface area contributed by atoms with E-state index in [0.29, 0.717) is 11.3 Å². The smallest absolute Gasteiger partial charge is 0.228 e. The van der Waals surface area contributed by atoms with Gasteiger partial charge in [-0.05, 0) is 36.5 Å². The predicted molar refractivity (Wildman–Crippen MR) is 83.2 cm³/mol. The Bertz CT molecular complexity index is 560. The zero-order chi connectivity index (χ0) is 14.8. The number of carbonyl (C=O) groups excluding carboxylic acids is 1. The number of rotatable bonds is 2. The van der Waals surface area contributed by atoms with Crippen molar-refractivity contribution in [3.8, 4) is 6.07 Å². The van der Waals surface area contributed by atoms with E-state index in [1.165, 1.54) is 6.42 Å². The van der Waals surface area contributed by atoms with Crippen LogP contribution in [-0.2, 0) is 4.79 Å². The third kappa shape index (κ3) is 3.21. The van der Waals surface area contributed by atoms with Gasteiger partial charge in [-0.15, -0.1) is 0 Å². The average molecular weight is 335 g/mol. The molecule has 1 N–H and O–H groups in total. The molecule has 1 aliphatic rings. The molecule has 0 spiro atoms. The van der Waals surface area contributed by atoms with Gasteiger partial charge in [-0.25, -0.2) is 0 Å². The quantitative estimate of drug-likeness (QED) is 0.866. The van der Waals surface area contributed by atoms with Gasteiger partial charge in [0.25, 0.3) is 0 Å². The second-order valence-electron chi connectivity index (χ2n) is 6.08. The third-order valence-corrected chi connectivity index (χ3v) is 4.68. The molecule has 0 aromatic heterocycles. The topological polar surface area (TPSA) is 52.9 Å². The second-order valence-corrected chi connectivity index (χ2v) is 6.99. The van der Waals surface area contributed by atoms with Gasteiger partial charge in [0.1, 0.15) is 6.07 Å². The zero-order valence-corrected chi connectivity index (χ0v) is 13.5. The molecule has 1 aromatic carbocycles. The van der Waals surface area contributed by atoms with E-state index in [9.17, 15) is 4.79 Å². The Kier molecular flexibility index (Phi) is 4.49. The number of nitriles is 1. The van der Waals surface area contributed by atoms with Crippen molar-refractivity contribution < 1.29 is 4.79 Å². The van der Waals surface area contributed by atoms with Crippen LogP contribution in [0, 0.1) is 22.7 Å². The van der Waals surface area contributed by atoms with Crippen LogP contribution in [0.25, 0.3) is 0 Å². The molecule has 0 bridgehead atoms. The minimum atomic E-state index is 0.0199. The fourth-order valence-electron chi connectivity index (χ4n) is 2.92. The van der Waals surface area contributed by atoms with Crippen molar-refractivity contribution in [3.63, 3.8) is 0 Å². The highest BCUT2D eigenvalue weighted by molar-refractivity contribution is 9.10. The Labute approximate surface area is 128 Å². The maximum absolute atomic E-state index is 12.5. The lowest BCUT2D eigenvalue weighted by molar-refractivity contribution is -0.124. The van der Waals surface area contributed by atoms with E-state index in [4.69, 9.17) is 5.26 Å². The number of hydrogen-bond donors (Lipinski definition) is 1. The van der Waals surface area contributed by atoms with E-state index in [1.807, 2.05) is 6.07 Å². The van der Waals surface area contributed by atoms with Crippen molar-refractivity contribution in [1.82, 2.24) is 0 Å². The highest BCUT2D eigenvalue weighted by Crippen LogP contribution is 2.41. The normalized spacial score (nSPS) is 21.0. The largest absolute Gasteiger partial charge is 0.325 e. The van der Waals surface area contributed by atoms with Gasteiger partial charge in [0.2, 0.25) is 5.91 Å². The molecular weight excluding hydrogens is 316 g/mol. The molecule has 2 rings (SSSR count). The Morgan fingerprint density at radius 3 is 2.85 bits per heavy atom. The third-order valence-electron chi connectivity index (χ3n) is 4.18. The zero-order valence-electron chi connectivity index (χ0n) is 11.9. The van der Waals surface area contributed by atoms with Crippen LogP contribution in [0.4, 0.5) is 5.69 Å². The molecule has 1 atom stereocenters. The number of halogens is 1. The van der Waals surface area contributed by atoms with Crippen LogP contribution in [0.5, 0.6) is 0 Å². The summed E-state index contributed by atoms with van der Waals surface area (Å²) in [6, 6.07) is 7.45. The molecule has 1 amide bonds. The summed E-state index contributed by atoms with van der Waals surface area (Å²) in [5, 5.41) is 12.1. The highest BCUT2D eigenvalue weighted by atomic mass is 79.9. The number of hydrogen-bond acceptors (Lipinski definition) is 2. The summed E-state index contributed by atoms with van der Waals surface area (Å²) >= 11 is 3.33. The van der Waals surface area contributed by atoms with Gasteiger partial charge in [0, 0.05) is 10.4 Å². The van der Waals surface area contributed by atoms with Gasteiger partial charge in [0.15, 0.2) is 0 Å². The van der Waals surface area contributed by atoms with Gasteiger partial charge < -0.3 is 5.32 Å². The van der Waals surface area contributed by atoms with E-state index in [-0.39, 0.29) is 17.2 Å². The lowest BCUT2D eigenvalue weighted by Crippen LogP contribution is -2.37. The van der Waals surface area contributed by atoms with Crippen LogP contribution < -0.4 is 5.32 Å². The van der Waals surface area contributed by atoms with Crippen LogP contribution in [0.15, 0.2) is 22.7 Å². The lowest BCUT2D eigenvalue weighted by atomic mass is 9.68. The fourth-order valence-corrected chi connectivity index (χ4v) is 3.28. The van der Waals surface area contributed by atoms with E-state index >= 15 is 0 Å². The SMILES string of the molecule is CC1(C)CCCCC1C(=O)Nc1ccc(Br)cc1C#N. The first-order valence-electron chi connectivity index (χ1n) is 6.94. The second kappa shape index (κ2) is 5.97. The van der Waals surface area contributed by atoms with E-state index < -0.39 is 0 Å². The molecule has 1 aromatic rings. The molecule has 1 aliphatic carbocycles. The summed E-state index contributed by atoms with van der Waals surface area (Å²) in [4.78, 5) is 12.5. The summed E-state index contributed by atoms with van der Waals surface area (Å²) in [6.45, 7) is 4.31. The lowest BCUT2D eigenvalue weighted by Gasteiger charge is -2.37.